The molecule has 1 amide bonds. The molecule has 0 aromatic carbocycles. The highest BCUT2D eigenvalue weighted by Crippen LogP contribution is 2.16. The van der Waals surface area contributed by atoms with Crippen LogP contribution in [-0.2, 0) is 4.79 Å². The first-order valence-electron chi connectivity index (χ1n) is 5.16. The Morgan fingerprint density at radius 2 is 1.85 bits per heavy atom. The van der Waals surface area contributed by atoms with Crippen LogP contribution in [0.3, 0.4) is 0 Å². The summed E-state index contributed by atoms with van der Waals surface area (Å²) in [4.78, 5) is 13.9. The summed E-state index contributed by atoms with van der Waals surface area (Å²) in [7, 11) is 0. The Kier molecular flexibility index (Phi) is 4.64. The van der Waals surface area contributed by atoms with E-state index in [9.17, 15) is 4.79 Å². The van der Waals surface area contributed by atoms with Crippen molar-refractivity contribution in [2.45, 2.75) is 26.7 Å². The molecule has 2 nitrogen and oxygen atoms in total. The third-order valence-corrected chi connectivity index (χ3v) is 3.60. The fraction of sp³-hybridized carbons (Fsp3) is 0.900. The van der Waals surface area contributed by atoms with Crippen molar-refractivity contribution in [3.63, 3.8) is 0 Å². The lowest BCUT2D eigenvalue weighted by molar-refractivity contribution is -0.135. The van der Waals surface area contributed by atoms with Gasteiger partial charge in [0.15, 0.2) is 0 Å². The predicted molar refractivity (Wildman–Crippen MR) is 58.0 cm³/mol. The monoisotopic (exact) mass is 201 g/mol. The van der Waals surface area contributed by atoms with Crippen LogP contribution in [0, 0.1) is 5.92 Å². The summed E-state index contributed by atoms with van der Waals surface area (Å²) in [6.45, 7) is 6.12. The third kappa shape index (κ3) is 2.90. The van der Waals surface area contributed by atoms with Crippen molar-refractivity contribution in [1.82, 2.24) is 4.90 Å². The molecule has 0 aliphatic carbocycles. The number of hydrogen-bond acceptors (Lipinski definition) is 2. The van der Waals surface area contributed by atoms with Gasteiger partial charge in [0.2, 0.25) is 5.91 Å². The summed E-state index contributed by atoms with van der Waals surface area (Å²) in [6, 6.07) is 0. The van der Waals surface area contributed by atoms with Gasteiger partial charge in [-0.15, -0.1) is 0 Å². The van der Waals surface area contributed by atoms with E-state index >= 15 is 0 Å². The molecule has 0 radical (unpaired) electrons. The number of hydrogen-bond donors (Lipinski definition) is 0. The highest BCUT2D eigenvalue weighted by molar-refractivity contribution is 7.99. The van der Waals surface area contributed by atoms with Crippen molar-refractivity contribution in [3.8, 4) is 0 Å². The van der Waals surface area contributed by atoms with E-state index in [1.54, 1.807) is 0 Å². The molecule has 1 heterocycles. The van der Waals surface area contributed by atoms with Gasteiger partial charge in [0.1, 0.15) is 0 Å². The molecule has 1 saturated heterocycles. The number of rotatable bonds is 3. The smallest absolute Gasteiger partial charge is 0.225 e. The summed E-state index contributed by atoms with van der Waals surface area (Å²) in [5.41, 5.74) is 0. The van der Waals surface area contributed by atoms with Gasteiger partial charge in [-0.1, -0.05) is 13.8 Å². The van der Waals surface area contributed by atoms with E-state index in [2.05, 4.69) is 13.8 Å². The van der Waals surface area contributed by atoms with E-state index in [0.29, 0.717) is 5.91 Å². The number of thioether (sulfide) groups is 1. The van der Waals surface area contributed by atoms with E-state index in [0.717, 1.165) is 37.4 Å². The van der Waals surface area contributed by atoms with E-state index in [4.69, 9.17) is 0 Å². The van der Waals surface area contributed by atoms with Crippen LogP contribution in [0.1, 0.15) is 26.7 Å². The molecule has 0 N–H and O–H groups in total. The number of nitrogens with zero attached hydrogens (tertiary/aromatic N) is 1. The van der Waals surface area contributed by atoms with E-state index in [1.807, 2.05) is 16.7 Å². The quantitative estimate of drug-likeness (QED) is 0.696. The van der Waals surface area contributed by atoms with Crippen molar-refractivity contribution < 1.29 is 4.79 Å². The zero-order chi connectivity index (χ0) is 9.68. The van der Waals surface area contributed by atoms with E-state index < -0.39 is 0 Å². The van der Waals surface area contributed by atoms with Crippen molar-refractivity contribution >= 4 is 17.7 Å². The zero-order valence-corrected chi connectivity index (χ0v) is 9.40. The molecule has 0 bridgehead atoms. The molecule has 0 spiro atoms. The normalized spacial score (nSPS) is 17.9. The molecule has 1 aliphatic rings. The average Bonchev–Trinajstić information content (AvgIpc) is 2.21. The summed E-state index contributed by atoms with van der Waals surface area (Å²) >= 11 is 1.95. The zero-order valence-electron chi connectivity index (χ0n) is 8.58. The van der Waals surface area contributed by atoms with Gasteiger partial charge in [0.05, 0.1) is 0 Å². The van der Waals surface area contributed by atoms with Crippen LogP contribution in [0.25, 0.3) is 0 Å². The average molecular weight is 201 g/mol. The molecular formula is C10H19NOS. The Morgan fingerprint density at radius 1 is 1.31 bits per heavy atom. The Morgan fingerprint density at radius 3 is 2.31 bits per heavy atom. The second-order valence-corrected chi connectivity index (χ2v) is 4.68. The van der Waals surface area contributed by atoms with Crippen molar-refractivity contribution in [2.24, 2.45) is 5.92 Å². The molecule has 0 aromatic rings. The molecule has 3 heteroatoms. The van der Waals surface area contributed by atoms with Crippen LogP contribution in [0.2, 0.25) is 0 Å². The molecule has 13 heavy (non-hydrogen) atoms. The lowest BCUT2D eigenvalue weighted by Crippen LogP contribution is -2.41. The Hall–Kier alpha value is -0.180. The first-order chi connectivity index (χ1) is 6.29. The minimum Gasteiger partial charge on any atom is -0.341 e. The lowest BCUT2D eigenvalue weighted by Gasteiger charge is -2.29. The predicted octanol–water partition coefficient (Wildman–Crippen LogP) is 2.00. The van der Waals surface area contributed by atoms with Gasteiger partial charge in [0.25, 0.3) is 0 Å². The van der Waals surface area contributed by atoms with Crippen LogP contribution in [0.4, 0.5) is 0 Å². The van der Waals surface area contributed by atoms with Gasteiger partial charge in [-0.25, -0.2) is 0 Å². The topological polar surface area (TPSA) is 20.3 Å². The third-order valence-electron chi connectivity index (χ3n) is 2.66. The Bertz CT molecular complexity index is 162. The first-order valence-corrected chi connectivity index (χ1v) is 6.31. The van der Waals surface area contributed by atoms with Gasteiger partial charge in [-0.05, 0) is 12.8 Å². The van der Waals surface area contributed by atoms with Gasteiger partial charge in [-0.3, -0.25) is 4.79 Å². The van der Waals surface area contributed by atoms with Crippen LogP contribution in [-0.4, -0.2) is 35.4 Å². The van der Waals surface area contributed by atoms with E-state index in [-0.39, 0.29) is 5.92 Å². The van der Waals surface area contributed by atoms with Crippen molar-refractivity contribution in [2.75, 3.05) is 24.6 Å². The summed E-state index contributed by atoms with van der Waals surface area (Å²) < 4.78 is 0. The molecule has 1 fully saturated rings. The summed E-state index contributed by atoms with van der Waals surface area (Å²) in [5.74, 6) is 2.88. The molecular weight excluding hydrogens is 182 g/mol. The maximum absolute atomic E-state index is 11.9. The Balaban J connectivity index is 2.44. The van der Waals surface area contributed by atoms with Crippen LogP contribution >= 0.6 is 11.8 Å². The largest absolute Gasteiger partial charge is 0.341 e. The lowest BCUT2D eigenvalue weighted by atomic mass is 10.0. The standard InChI is InChI=1S/C10H19NOS/c1-3-9(4-2)10(12)11-5-7-13-8-6-11/h9H,3-8H2,1-2H3. The Labute approximate surface area is 85.1 Å². The molecule has 76 valence electrons. The number of amides is 1. The van der Waals surface area contributed by atoms with Crippen LogP contribution < -0.4 is 0 Å². The van der Waals surface area contributed by atoms with Crippen LogP contribution in [0.5, 0.6) is 0 Å². The SMILES string of the molecule is CCC(CC)C(=O)N1CCSCC1. The molecule has 1 rings (SSSR count). The number of carbonyl (C=O) groups excluding carboxylic acids is 1. The maximum Gasteiger partial charge on any atom is 0.225 e. The molecule has 0 saturated carbocycles. The number of carbonyl (C=O) groups is 1. The van der Waals surface area contributed by atoms with Gasteiger partial charge >= 0.3 is 0 Å². The minimum atomic E-state index is 0.267. The first kappa shape index (κ1) is 10.9. The maximum atomic E-state index is 11.9. The molecule has 1 aliphatic heterocycles. The summed E-state index contributed by atoms with van der Waals surface area (Å²) in [5, 5.41) is 0. The van der Waals surface area contributed by atoms with Gasteiger partial charge in [0, 0.05) is 30.5 Å². The summed E-state index contributed by atoms with van der Waals surface area (Å²) in [6.07, 6.45) is 1.97. The van der Waals surface area contributed by atoms with Crippen molar-refractivity contribution in [3.05, 3.63) is 0 Å². The van der Waals surface area contributed by atoms with Gasteiger partial charge < -0.3 is 4.90 Å². The molecule has 0 aromatic heterocycles. The van der Waals surface area contributed by atoms with E-state index in [1.165, 1.54) is 0 Å². The van der Waals surface area contributed by atoms with Crippen molar-refractivity contribution in [1.29, 1.82) is 0 Å². The second-order valence-electron chi connectivity index (χ2n) is 3.45. The highest BCUT2D eigenvalue weighted by atomic mass is 32.2. The van der Waals surface area contributed by atoms with Crippen LogP contribution in [0.15, 0.2) is 0 Å². The highest BCUT2D eigenvalue weighted by Gasteiger charge is 2.22. The minimum absolute atomic E-state index is 0.267. The second kappa shape index (κ2) is 5.53. The molecule has 0 unspecified atom stereocenters. The fourth-order valence-corrected chi connectivity index (χ4v) is 2.58. The van der Waals surface area contributed by atoms with Gasteiger partial charge in [-0.2, -0.15) is 11.8 Å². The fourth-order valence-electron chi connectivity index (χ4n) is 1.68. The molecule has 0 atom stereocenters.